The van der Waals surface area contributed by atoms with Crippen molar-refractivity contribution in [3.8, 4) is 6.07 Å². The number of amides is 1. The molecule has 24 heavy (non-hydrogen) atoms. The number of rotatable bonds is 8. The summed E-state index contributed by atoms with van der Waals surface area (Å²) < 4.78 is 5.13. The molecular formula is C19H21N3O2. The van der Waals surface area contributed by atoms with Gasteiger partial charge in [0.1, 0.15) is 0 Å². The lowest BCUT2D eigenvalue weighted by atomic mass is 10.2. The van der Waals surface area contributed by atoms with Gasteiger partial charge in [0.15, 0.2) is 0 Å². The topological polar surface area (TPSA) is 65.4 Å². The van der Waals surface area contributed by atoms with Crippen molar-refractivity contribution in [2.24, 2.45) is 0 Å². The molecule has 1 amide bonds. The van der Waals surface area contributed by atoms with E-state index < -0.39 is 0 Å². The number of carbonyl (C=O) groups is 1. The highest BCUT2D eigenvalue weighted by atomic mass is 16.5. The predicted molar refractivity (Wildman–Crippen MR) is 95.2 cm³/mol. The van der Waals surface area contributed by atoms with Crippen LogP contribution in [-0.4, -0.2) is 32.7 Å². The zero-order chi connectivity index (χ0) is 17.2. The summed E-state index contributed by atoms with van der Waals surface area (Å²) in [5.41, 5.74) is 2.29. The normalized spacial score (nSPS) is 10.0. The summed E-state index contributed by atoms with van der Waals surface area (Å²) in [5, 5.41) is 11.7. The second kappa shape index (κ2) is 9.33. The monoisotopic (exact) mass is 323 g/mol. The summed E-state index contributed by atoms with van der Waals surface area (Å²) in [4.78, 5) is 14.3. The second-order valence-corrected chi connectivity index (χ2v) is 5.26. The van der Waals surface area contributed by atoms with Gasteiger partial charge in [0.2, 0.25) is 0 Å². The third-order valence-electron chi connectivity index (χ3n) is 3.56. The molecule has 2 aromatic carbocycles. The first-order valence-electron chi connectivity index (χ1n) is 7.82. The highest BCUT2D eigenvalue weighted by Crippen LogP contribution is 2.20. The summed E-state index contributed by atoms with van der Waals surface area (Å²) in [6, 6.07) is 18.9. The Morgan fingerprint density at radius 2 is 1.96 bits per heavy atom. The quantitative estimate of drug-likeness (QED) is 0.809. The maximum absolute atomic E-state index is 12.3. The summed E-state index contributed by atoms with van der Waals surface area (Å²) in [6.45, 7) is 1.89. The third-order valence-corrected chi connectivity index (χ3v) is 3.56. The van der Waals surface area contributed by atoms with Crippen LogP contribution in [0, 0.1) is 11.3 Å². The lowest BCUT2D eigenvalue weighted by molar-refractivity contribution is 0.102. The van der Waals surface area contributed by atoms with Crippen molar-refractivity contribution in [1.29, 1.82) is 5.26 Å². The Labute approximate surface area is 142 Å². The molecule has 0 radical (unpaired) electrons. The third kappa shape index (κ3) is 5.11. The van der Waals surface area contributed by atoms with E-state index in [9.17, 15) is 4.79 Å². The van der Waals surface area contributed by atoms with Gasteiger partial charge in [-0.15, -0.1) is 0 Å². The zero-order valence-corrected chi connectivity index (χ0v) is 13.7. The molecule has 0 aliphatic rings. The second-order valence-electron chi connectivity index (χ2n) is 5.26. The number of hydrogen-bond acceptors (Lipinski definition) is 4. The van der Waals surface area contributed by atoms with E-state index in [0.29, 0.717) is 31.7 Å². The minimum Gasteiger partial charge on any atom is -0.383 e. The molecule has 0 spiro atoms. The Balaban J connectivity index is 2.11. The molecule has 124 valence electrons. The highest BCUT2D eigenvalue weighted by molar-refractivity contribution is 6.04. The molecule has 0 unspecified atom stereocenters. The summed E-state index contributed by atoms with van der Waals surface area (Å²) in [5.74, 6) is -0.145. The summed E-state index contributed by atoms with van der Waals surface area (Å²) in [6.07, 6.45) is 0.435. The van der Waals surface area contributed by atoms with E-state index in [1.54, 1.807) is 19.2 Å². The zero-order valence-electron chi connectivity index (χ0n) is 13.7. The van der Waals surface area contributed by atoms with E-state index in [-0.39, 0.29) is 5.91 Å². The molecule has 2 aromatic rings. The molecule has 0 fully saturated rings. The number of carbonyl (C=O) groups excluding carboxylic acids is 1. The SMILES string of the molecule is COCCN(CCC#N)c1cccc(NC(=O)c2ccccc2)c1. The largest absolute Gasteiger partial charge is 0.383 e. The first kappa shape index (κ1) is 17.5. The standard InChI is InChI=1S/C19H21N3O2/c1-24-14-13-22(12-6-11-20)18-10-5-9-17(15-18)21-19(23)16-7-3-2-4-8-16/h2-5,7-10,15H,6,12-14H2,1H3,(H,21,23). The molecule has 5 heteroatoms. The molecule has 1 N–H and O–H groups in total. The number of ether oxygens (including phenoxy) is 1. The summed E-state index contributed by atoms with van der Waals surface area (Å²) >= 11 is 0. The van der Waals surface area contributed by atoms with Gasteiger partial charge in [-0.25, -0.2) is 0 Å². The molecule has 0 aromatic heterocycles. The molecule has 0 aliphatic carbocycles. The van der Waals surface area contributed by atoms with Crippen LogP contribution in [0.4, 0.5) is 11.4 Å². The van der Waals surface area contributed by atoms with Crippen molar-refractivity contribution in [2.75, 3.05) is 37.0 Å². The number of benzene rings is 2. The molecule has 0 saturated carbocycles. The average molecular weight is 323 g/mol. The summed E-state index contributed by atoms with van der Waals surface area (Å²) in [7, 11) is 1.65. The van der Waals surface area contributed by atoms with Gasteiger partial charge in [0, 0.05) is 37.1 Å². The maximum Gasteiger partial charge on any atom is 0.255 e. The molecule has 2 rings (SSSR count). The average Bonchev–Trinajstić information content (AvgIpc) is 2.63. The van der Waals surface area contributed by atoms with E-state index in [2.05, 4.69) is 16.3 Å². The van der Waals surface area contributed by atoms with Gasteiger partial charge in [-0.2, -0.15) is 5.26 Å². The Morgan fingerprint density at radius 1 is 1.17 bits per heavy atom. The molecule has 0 heterocycles. The number of hydrogen-bond donors (Lipinski definition) is 1. The van der Waals surface area contributed by atoms with Crippen molar-refractivity contribution in [3.05, 3.63) is 60.2 Å². The Morgan fingerprint density at radius 3 is 2.67 bits per heavy atom. The minimum absolute atomic E-state index is 0.145. The highest BCUT2D eigenvalue weighted by Gasteiger charge is 2.09. The number of nitrogens with zero attached hydrogens (tertiary/aromatic N) is 2. The van der Waals surface area contributed by atoms with Crippen molar-refractivity contribution in [2.45, 2.75) is 6.42 Å². The fourth-order valence-electron chi connectivity index (χ4n) is 2.33. The van der Waals surface area contributed by atoms with Crippen LogP contribution in [-0.2, 0) is 4.74 Å². The number of nitriles is 1. The van der Waals surface area contributed by atoms with Gasteiger partial charge < -0.3 is 15.0 Å². The van der Waals surface area contributed by atoms with E-state index in [1.807, 2.05) is 42.5 Å². The van der Waals surface area contributed by atoms with Gasteiger partial charge in [0.05, 0.1) is 19.1 Å². The van der Waals surface area contributed by atoms with Crippen LogP contribution in [0.2, 0.25) is 0 Å². The predicted octanol–water partition coefficient (Wildman–Crippen LogP) is 3.31. The molecule has 0 bridgehead atoms. The first-order chi connectivity index (χ1) is 11.7. The molecule has 0 saturated heterocycles. The maximum atomic E-state index is 12.3. The van der Waals surface area contributed by atoms with Gasteiger partial charge in [-0.1, -0.05) is 24.3 Å². The molecule has 5 nitrogen and oxygen atoms in total. The fraction of sp³-hybridized carbons (Fsp3) is 0.263. The lowest BCUT2D eigenvalue weighted by Gasteiger charge is -2.24. The van der Waals surface area contributed by atoms with E-state index in [0.717, 1.165) is 11.4 Å². The Bertz CT molecular complexity index is 695. The molecular weight excluding hydrogens is 302 g/mol. The van der Waals surface area contributed by atoms with Crippen LogP contribution in [0.15, 0.2) is 54.6 Å². The number of anilines is 2. The van der Waals surface area contributed by atoms with Crippen molar-refractivity contribution < 1.29 is 9.53 Å². The Hall–Kier alpha value is -2.84. The van der Waals surface area contributed by atoms with E-state index in [1.165, 1.54) is 0 Å². The fourth-order valence-corrected chi connectivity index (χ4v) is 2.33. The van der Waals surface area contributed by atoms with Gasteiger partial charge in [-0.05, 0) is 30.3 Å². The van der Waals surface area contributed by atoms with Crippen LogP contribution in [0.3, 0.4) is 0 Å². The van der Waals surface area contributed by atoms with E-state index in [4.69, 9.17) is 10.00 Å². The van der Waals surface area contributed by atoms with E-state index >= 15 is 0 Å². The van der Waals surface area contributed by atoms with Crippen LogP contribution in [0.25, 0.3) is 0 Å². The van der Waals surface area contributed by atoms with Crippen LogP contribution < -0.4 is 10.2 Å². The lowest BCUT2D eigenvalue weighted by Crippen LogP contribution is -2.28. The van der Waals surface area contributed by atoms with Gasteiger partial charge in [0.25, 0.3) is 5.91 Å². The number of nitrogens with one attached hydrogen (secondary N) is 1. The Kier molecular flexibility index (Phi) is 6.81. The first-order valence-corrected chi connectivity index (χ1v) is 7.82. The van der Waals surface area contributed by atoms with Crippen molar-refractivity contribution >= 4 is 17.3 Å². The van der Waals surface area contributed by atoms with Crippen LogP contribution in [0.1, 0.15) is 16.8 Å². The molecule has 0 aliphatic heterocycles. The van der Waals surface area contributed by atoms with Crippen LogP contribution >= 0.6 is 0 Å². The van der Waals surface area contributed by atoms with Crippen molar-refractivity contribution in [1.82, 2.24) is 0 Å². The van der Waals surface area contributed by atoms with Crippen molar-refractivity contribution in [3.63, 3.8) is 0 Å². The number of methoxy groups -OCH3 is 1. The minimum atomic E-state index is -0.145. The molecule has 0 atom stereocenters. The van der Waals surface area contributed by atoms with Gasteiger partial charge in [-0.3, -0.25) is 4.79 Å². The van der Waals surface area contributed by atoms with Gasteiger partial charge >= 0.3 is 0 Å². The van der Waals surface area contributed by atoms with Crippen LogP contribution in [0.5, 0.6) is 0 Å². The smallest absolute Gasteiger partial charge is 0.255 e.